The minimum absolute atomic E-state index is 0.0117. The van der Waals surface area contributed by atoms with Gasteiger partial charge in [0.1, 0.15) is 11.6 Å². The second-order valence-corrected chi connectivity index (χ2v) is 6.75. The van der Waals surface area contributed by atoms with Crippen LogP contribution in [0.5, 0.6) is 0 Å². The van der Waals surface area contributed by atoms with Crippen LogP contribution >= 0.6 is 11.6 Å². The minimum atomic E-state index is -0.565. The zero-order valence-electron chi connectivity index (χ0n) is 12.6. The van der Waals surface area contributed by atoms with Crippen molar-refractivity contribution >= 4 is 22.6 Å². The first-order valence-corrected chi connectivity index (χ1v) is 7.83. The Kier molecular flexibility index (Phi) is 3.08. The van der Waals surface area contributed by atoms with Crippen LogP contribution in [-0.2, 0) is 9.47 Å². The van der Waals surface area contributed by atoms with Crippen molar-refractivity contribution in [2.24, 2.45) is 5.92 Å². The summed E-state index contributed by atoms with van der Waals surface area (Å²) < 4.78 is 14.4. The fraction of sp³-hybridized carbons (Fsp3) is 0.500. The lowest BCUT2D eigenvalue weighted by atomic mass is 10.1. The summed E-state index contributed by atoms with van der Waals surface area (Å²) in [5.41, 5.74) is 1.70. The van der Waals surface area contributed by atoms with Crippen LogP contribution < -0.4 is 0 Å². The molecule has 0 radical (unpaired) electrons. The third-order valence-corrected chi connectivity index (χ3v) is 4.86. The van der Waals surface area contributed by atoms with E-state index < -0.39 is 5.79 Å². The van der Waals surface area contributed by atoms with Crippen molar-refractivity contribution in [1.29, 1.82) is 0 Å². The quantitative estimate of drug-likeness (QED) is 0.629. The summed E-state index contributed by atoms with van der Waals surface area (Å²) in [5.74, 6) is -0.295. The van der Waals surface area contributed by atoms with Crippen molar-refractivity contribution in [3.05, 3.63) is 36.4 Å². The number of hydrogen-bond acceptors (Lipinski definition) is 4. The molecule has 0 unspecified atom stereocenters. The van der Waals surface area contributed by atoms with Gasteiger partial charge in [-0.3, -0.25) is 0 Å². The summed E-state index contributed by atoms with van der Waals surface area (Å²) in [4.78, 5) is 8.50. The fourth-order valence-corrected chi connectivity index (χ4v) is 3.89. The van der Waals surface area contributed by atoms with Gasteiger partial charge in [0.15, 0.2) is 10.9 Å². The number of rotatable bonds is 2. The van der Waals surface area contributed by atoms with E-state index in [4.69, 9.17) is 21.1 Å². The van der Waals surface area contributed by atoms with E-state index in [9.17, 15) is 0 Å². The van der Waals surface area contributed by atoms with E-state index in [0.717, 1.165) is 17.5 Å². The van der Waals surface area contributed by atoms with Crippen LogP contribution in [0.4, 0.5) is 0 Å². The standard InChI is InChI=1S/C16H18ClN3O2/c1-4-9-7-11(14-13(9)21-16(2,3)22-14)20-8-19-12-10(20)5-6-18-15(12)17/h4-6,8-9,11,13-14H,1,7H2,2-3H3/t9-,11+,13+,14-/m0/s1. The molecule has 2 aliphatic rings. The van der Waals surface area contributed by atoms with E-state index in [1.807, 2.05) is 32.3 Å². The number of aromatic nitrogens is 3. The van der Waals surface area contributed by atoms with Crippen LogP contribution in [0, 0.1) is 5.92 Å². The Labute approximate surface area is 133 Å². The average Bonchev–Trinajstić information content (AvgIpc) is 3.10. The molecule has 1 saturated heterocycles. The van der Waals surface area contributed by atoms with Gasteiger partial charge >= 0.3 is 0 Å². The number of ether oxygens (including phenoxy) is 2. The predicted molar refractivity (Wildman–Crippen MR) is 83.7 cm³/mol. The van der Waals surface area contributed by atoms with Crippen molar-refractivity contribution < 1.29 is 9.47 Å². The molecule has 116 valence electrons. The molecule has 22 heavy (non-hydrogen) atoms. The molecule has 1 aliphatic heterocycles. The normalized spacial score (nSPS) is 33.2. The second-order valence-electron chi connectivity index (χ2n) is 6.39. The van der Waals surface area contributed by atoms with E-state index >= 15 is 0 Å². The summed E-state index contributed by atoms with van der Waals surface area (Å²) in [6.45, 7) is 7.86. The summed E-state index contributed by atoms with van der Waals surface area (Å²) in [7, 11) is 0. The van der Waals surface area contributed by atoms with Crippen LogP contribution in [0.25, 0.3) is 11.0 Å². The van der Waals surface area contributed by atoms with E-state index in [1.54, 1.807) is 6.20 Å². The molecule has 4 rings (SSSR count). The van der Waals surface area contributed by atoms with Gasteiger partial charge in [0.2, 0.25) is 0 Å². The van der Waals surface area contributed by atoms with Gasteiger partial charge in [0.25, 0.3) is 0 Å². The van der Waals surface area contributed by atoms with Gasteiger partial charge in [-0.2, -0.15) is 0 Å². The number of halogens is 1. The molecule has 0 N–H and O–H groups in total. The van der Waals surface area contributed by atoms with Crippen molar-refractivity contribution in [1.82, 2.24) is 14.5 Å². The lowest BCUT2D eigenvalue weighted by Gasteiger charge is -2.23. The van der Waals surface area contributed by atoms with Gasteiger partial charge in [-0.15, -0.1) is 6.58 Å². The van der Waals surface area contributed by atoms with Crippen molar-refractivity contribution in [3.8, 4) is 0 Å². The maximum absolute atomic E-state index is 6.15. The first-order chi connectivity index (χ1) is 10.5. The molecular formula is C16H18ClN3O2. The second kappa shape index (κ2) is 4.78. The lowest BCUT2D eigenvalue weighted by Crippen LogP contribution is -2.27. The molecule has 0 aromatic carbocycles. The van der Waals surface area contributed by atoms with Crippen LogP contribution in [0.3, 0.4) is 0 Å². The summed E-state index contributed by atoms with van der Waals surface area (Å²) in [6.07, 6.45) is 6.43. The number of nitrogens with zero attached hydrogens (tertiary/aromatic N) is 3. The fourth-order valence-electron chi connectivity index (χ4n) is 3.69. The monoisotopic (exact) mass is 319 g/mol. The van der Waals surface area contributed by atoms with Gasteiger partial charge in [-0.25, -0.2) is 9.97 Å². The molecule has 2 aromatic heterocycles. The SMILES string of the molecule is C=C[C@H]1C[C@@H](n2cnc3c(Cl)nccc32)[C@@H]2OC(C)(C)O[C@@H]21. The molecule has 4 atom stereocenters. The zero-order valence-corrected chi connectivity index (χ0v) is 13.3. The lowest BCUT2D eigenvalue weighted by molar-refractivity contribution is -0.158. The van der Waals surface area contributed by atoms with E-state index in [-0.39, 0.29) is 24.2 Å². The molecule has 2 fully saturated rings. The highest BCUT2D eigenvalue weighted by Crippen LogP contribution is 2.48. The van der Waals surface area contributed by atoms with Crippen molar-refractivity contribution in [3.63, 3.8) is 0 Å². The van der Waals surface area contributed by atoms with Gasteiger partial charge in [-0.05, 0) is 26.3 Å². The smallest absolute Gasteiger partial charge is 0.163 e. The minimum Gasteiger partial charge on any atom is -0.344 e. The van der Waals surface area contributed by atoms with Gasteiger partial charge < -0.3 is 14.0 Å². The molecule has 1 saturated carbocycles. The van der Waals surface area contributed by atoms with E-state index in [1.165, 1.54) is 0 Å². The summed E-state index contributed by atoms with van der Waals surface area (Å²) in [6, 6.07) is 2.09. The van der Waals surface area contributed by atoms with Crippen LogP contribution in [0.1, 0.15) is 26.3 Å². The Hall–Kier alpha value is -1.43. The number of hydrogen-bond donors (Lipinski definition) is 0. The molecule has 0 bridgehead atoms. The largest absolute Gasteiger partial charge is 0.344 e. The van der Waals surface area contributed by atoms with Gasteiger partial charge in [0.05, 0.1) is 24.0 Å². The van der Waals surface area contributed by atoms with Crippen LogP contribution in [0.15, 0.2) is 31.2 Å². The number of pyridine rings is 1. The Morgan fingerprint density at radius 1 is 1.36 bits per heavy atom. The summed E-state index contributed by atoms with van der Waals surface area (Å²) in [5, 5.41) is 0.426. The maximum Gasteiger partial charge on any atom is 0.163 e. The first-order valence-electron chi connectivity index (χ1n) is 7.45. The molecule has 2 aromatic rings. The molecule has 3 heterocycles. The Morgan fingerprint density at radius 2 is 2.14 bits per heavy atom. The topological polar surface area (TPSA) is 49.2 Å². The molecule has 5 nitrogen and oxygen atoms in total. The first kappa shape index (κ1) is 14.2. The average molecular weight is 320 g/mol. The van der Waals surface area contributed by atoms with Crippen molar-refractivity contribution in [2.75, 3.05) is 0 Å². The highest BCUT2D eigenvalue weighted by molar-refractivity contribution is 6.33. The molecule has 0 amide bonds. The van der Waals surface area contributed by atoms with E-state index in [2.05, 4.69) is 21.1 Å². The Balaban J connectivity index is 1.78. The number of imidazole rings is 1. The van der Waals surface area contributed by atoms with Crippen molar-refractivity contribution in [2.45, 2.75) is 44.3 Å². The summed E-state index contributed by atoms with van der Waals surface area (Å²) >= 11 is 6.13. The number of fused-ring (bicyclic) bond motifs is 2. The third kappa shape index (κ3) is 2.00. The maximum atomic E-state index is 6.15. The van der Waals surface area contributed by atoms with Gasteiger partial charge in [0, 0.05) is 12.1 Å². The molecular weight excluding hydrogens is 302 g/mol. The zero-order chi connectivity index (χ0) is 15.5. The molecule has 0 spiro atoms. The highest BCUT2D eigenvalue weighted by atomic mass is 35.5. The predicted octanol–water partition coefficient (Wildman–Crippen LogP) is 3.35. The van der Waals surface area contributed by atoms with Crippen LogP contribution in [0.2, 0.25) is 5.15 Å². The molecule has 1 aliphatic carbocycles. The third-order valence-electron chi connectivity index (χ3n) is 4.59. The molecule has 6 heteroatoms. The van der Waals surface area contributed by atoms with Gasteiger partial charge in [-0.1, -0.05) is 17.7 Å². The Bertz CT molecular complexity index is 742. The Morgan fingerprint density at radius 3 is 2.91 bits per heavy atom. The highest BCUT2D eigenvalue weighted by Gasteiger charge is 2.53. The van der Waals surface area contributed by atoms with Crippen LogP contribution in [-0.4, -0.2) is 32.5 Å². The van der Waals surface area contributed by atoms with E-state index in [0.29, 0.717) is 5.15 Å².